The molecule has 1 unspecified atom stereocenters. The summed E-state index contributed by atoms with van der Waals surface area (Å²) in [6, 6.07) is 5.86. The van der Waals surface area contributed by atoms with Crippen LogP contribution in [0.25, 0.3) is 0 Å². The molecular weight excluding hydrogens is 343 g/mol. The van der Waals surface area contributed by atoms with Gasteiger partial charge in [0.2, 0.25) is 11.8 Å². The lowest BCUT2D eigenvalue weighted by Crippen LogP contribution is -2.28. The lowest BCUT2D eigenvalue weighted by Gasteiger charge is -2.17. The number of benzene rings is 1. The molecule has 26 heavy (non-hydrogen) atoms. The monoisotopic (exact) mass is 360 g/mol. The minimum atomic E-state index is -1.04. The van der Waals surface area contributed by atoms with Gasteiger partial charge in [0, 0.05) is 30.9 Å². The molecule has 1 fully saturated rings. The van der Waals surface area contributed by atoms with Crippen LogP contribution >= 0.6 is 0 Å². The second kappa shape index (κ2) is 6.95. The maximum absolute atomic E-state index is 13.4. The lowest BCUT2D eigenvalue weighted by molar-refractivity contribution is -0.137. The van der Waals surface area contributed by atoms with E-state index in [9.17, 15) is 18.8 Å². The Balaban J connectivity index is 1.66. The van der Waals surface area contributed by atoms with Crippen molar-refractivity contribution in [3.8, 4) is 0 Å². The zero-order valence-electron chi connectivity index (χ0n) is 14.0. The second-order valence-electron chi connectivity index (χ2n) is 6.12. The second-order valence-corrected chi connectivity index (χ2v) is 6.12. The third-order valence-electron chi connectivity index (χ3n) is 4.14. The maximum Gasteiger partial charge on any atom is 0.325 e. The predicted molar refractivity (Wildman–Crippen MR) is 90.1 cm³/mol. The molecule has 0 spiro atoms. The fourth-order valence-corrected chi connectivity index (χ4v) is 2.81. The van der Waals surface area contributed by atoms with Gasteiger partial charge in [0.05, 0.1) is 5.92 Å². The zero-order chi connectivity index (χ0) is 18.8. The van der Waals surface area contributed by atoms with E-state index in [1.807, 2.05) is 0 Å². The number of hydrogen-bond acceptors (Lipinski definition) is 4. The highest BCUT2D eigenvalue weighted by Gasteiger charge is 2.35. The van der Waals surface area contributed by atoms with Gasteiger partial charge in [0.15, 0.2) is 5.82 Å². The highest BCUT2D eigenvalue weighted by molar-refractivity contribution is 6.03. The molecule has 136 valence electrons. The van der Waals surface area contributed by atoms with Crippen LogP contribution in [-0.4, -0.2) is 39.2 Å². The van der Waals surface area contributed by atoms with Crippen molar-refractivity contribution in [2.75, 3.05) is 16.8 Å². The molecular formula is C17H17FN4O4. The number of nitrogens with one attached hydrogen (secondary N) is 1. The Morgan fingerprint density at radius 1 is 1.38 bits per heavy atom. The van der Waals surface area contributed by atoms with Crippen molar-refractivity contribution in [1.82, 2.24) is 9.78 Å². The van der Waals surface area contributed by atoms with E-state index in [2.05, 4.69) is 10.4 Å². The number of aromatic nitrogens is 2. The van der Waals surface area contributed by atoms with Gasteiger partial charge in [-0.3, -0.25) is 19.1 Å². The molecule has 1 atom stereocenters. The number of anilines is 2. The highest BCUT2D eigenvalue weighted by Crippen LogP contribution is 2.27. The summed E-state index contributed by atoms with van der Waals surface area (Å²) in [5.74, 6) is -2.34. The van der Waals surface area contributed by atoms with Crippen LogP contribution in [-0.2, 0) is 20.9 Å². The summed E-state index contributed by atoms with van der Waals surface area (Å²) < 4.78 is 14.6. The molecule has 1 aliphatic rings. The number of hydrogen-bond donors (Lipinski definition) is 2. The number of aliphatic carboxylic acids is 1. The third-order valence-corrected chi connectivity index (χ3v) is 4.14. The first kappa shape index (κ1) is 17.6. The van der Waals surface area contributed by atoms with Gasteiger partial charge in [-0.1, -0.05) is 0 Å². The zero-order valence-corrected chi connectivity index (χ0v) is 14.0. The molecule has 0 bridgehead atoms. The van der Waals surface area contributed by atoms with Crippen LogP contribution in [0.1, 0.15) is 12.0 Å². The van der Waals surface area contributed by atoms with Gasteiger partial charge in [0.1, 0.15) is 12.4 Å². The Hall–Kier alpha value is -3.23. The normalized spacial score (nSPS) is 16.8. The van der Waals surface area contributed by atoms with Crippen molar-refractivity contribution in [3.05, 3.63) is 41.8 Å². The van der Waals surface area contributed by atoms with E-state index >= 15 is 0 Å². The van der Waals surface area contributed by atoms with Gasteiger partial charge >= 0.3 is 5.97 Å². The number of amides is 2. The molecule has 9 heteroatoms. The average molecular weight is 360 g/mol. The molecule has 2 aromatic rings. The molecule has 1 saturated heterocycles. The summed E-state index contributed by atoms with van der Waals surface area (Å²) in [5, 5.41) is 15.3. The first-order valence-electron chi connectivity index (χ1n) is 7.96. The van der Waals surface area contributed by atoms with Crippen LogP contribution in [0.3, 0.4) is 0 Å². The van der Waals surface area contributed by atoms with Crippen LogP contribution in [0.4, 0.5) is 15.9 Å². The van der Waals surface area contributed by atoms with Gasteiger partial charge in [-0.25, -0.2) is 4.39 Å². The van der Waals surface area contributed by atoms with Crippen molar-refractivity contribution in [2.45, 2.75) is 19.9 Å². The quantitative estimate of drug-likeness (QED) is 0.839. The maximum atomic E-state index is 13.4. The van der Waals surface area contributed by atoms with Crippen LogP contribution < -0.4 is 10.2 Å². The molecule has 2 N–H and O–H groups in total. The summed E-state index contributed by atoms with van der Waals surface area (Å²) >= 11 is 0. The summed E-state index contributed by atoms with van der Waals surface area (Å²) in [6.07, 6.45) is 1.48. The molecule has 3 rings (SSSR count). The van der Waals surface area contributed by atoms with Crippen molar-refractivity contribution >= 4 is 29.3 Å². The smallest absolute Gasteiger partial charge is 0.325 e. The fraction of sp³-hybridized carbons (Fsp3) is 0.294. The molecule has 1 aromatic heterocycles. The standard InChI is InChI=1S/C17H17FN4O4/c1-10-6-12(2-3-13(10)18)22-8-11(7-15(22)23)17(26)19-14-4-5-21(20-14)9-16(24)25/h2-6,11H,7-9H2,1H3,(H,24,25)(H,19,20,26). The van der Waals surface area contributed by atoms with E-state index in [4.69, 9.17) is 5.11 Å². The van der Waals surface area contributed by atoms with Gasteiger partial charge in [-0.15, -0.1) is 0 Å². The van der Waals surface area contributed by atoms with E-state index in [1.165, 1.54) is 34.0 Å². The topological polar surface area (TPSA) is 105 Å². The minimum Gasteiger partial charge on any atom is -0.480 e. The summed E-state index contributed by atoms with van der Waals surface area (Å²) in [4.78, 5) is 36.7. The molecule has 1 aliphatic heterocycles. The van der Waals surface area contributed by atoms with Crippen molar-refractivity contribution in [2.24, 2.45) is 5.92 Å². The van der Waals surface area contributed by atoms with E-state index in [0.717, 1.165) is 0 Å². The van der Waals surface area contributed by atoms with Gasteiger partial charge in [0.25, 0.3) is 0 Å². The summed E-state index contributed by atoms with van der Waals surface area (Å²) in [7, 11) is 0. The Morgan fingerprint density at radius 2 is 2.15 bits per heavy atom. The molecule has 0 radical (unpaired) electrons. The van der Waals surface area contributed by atoms with E-state index in [1.54, 1.807) is 13.0 Å². The summed E-state index contributed by atoms with van der Waals surface area (Å²) in [6.45, 7) is 1.48. The molecule has 8 nitrogen and oxygen atoms in total. The van der Waals surface area contributed by atoms with Gasteiger partial charge in [-0.05, 0) is 30.7 Å². The SMILES string of the molecule is Cc1cc(N2CC(C(=O)Nc3ccn(CC(=O)O)n3)CC2=O)ccc1F. The molecule has 0 aliphatic carbocycles. The Labute approximate surface area is 148 Å². The largest absolute Gasteiger partial charge is 0.480 e. The van der Waals surface area contributed by atoms with Crippen LogP contribution in [0.15, 0.2) is 30.5 Å². The first-order valence-corrected chi connectivity index (χ1v) is 7.96. The van der Waals surface area contributed by atoms with E-state index in [-0.39, 0.29) is 43.0 Å². The first-order chi connectivity index (χ1) is 12.3. The number of carbonyl (C=O) groups excluding carboxylic acids is 2. The number of halogens is 1. The third kappa shape index (κ3) is 3.71. The molecule has 2 heterocycles. The number of carboxylic acid groups (broad SMARTS) is 1. The fourth-order valence-electron chi connectivity index (χ4n) is 2.81. The van der Waals surface area contributed by atoms with E-state index in [0.29, 0.717) is 11.3 Å². The summed E-state index contributed by atoms with van der Waals surface area (Å²) in [5.41, 5.74) is 0.974. The van der Waals surface area contributed by atoms with Crippen LogP contribution in [0.2, 0.25) is 0 Å². The Bertz CT molecular complexity index is 879. The Kier molecular flexibility index (Phi) is 4.70. The predicted octanol–water partition coefficient (Wildman–Crippen LogP) is 1.41. The number of aryl methyl sites for hydroxylation is 1. The number of carbonyl (C=O) groups is 3. The van der Waals surface area contributed by atoms with Crippen LogP contribution in [0, 0.1) is 18.7 Å². The van der Waals surface area contributed by atoms with Crippen LogP contribution in [0.5, 0.6) is 0 Å². The number of rotatable bonds is 5. The highest BCUT2D eigenvalue weighted by atomic mass is 19.1. The lowest BCUT2D eigenvalue weighted by atomic mass is 10.1. The van der Waals surface area contributed by atoms with Crippen molar-refractivity contribution in [1.29, 1.82) is 0 Å². The number of nitrogens with zero attached hydrogens (tertiary/aromatic N) is 3. The Morgan fingerprint density at radius 3 is 2.85 bits per heavy atom. The average Bonchev–Trinajstić information content (AvgIpc) is 3.16. The van der Waals surface area contributed by atoms with E-state index < -0.39 is 11.9 Å². The van der Waals surface area contributed by atoms with Crippen molar-refractivity contribution in [3.63, 3.8) is 0 Å². The van der Waals surface area contributed by atoms with Crippen molar-refractivity contribution < 1.29 is 23.9 Å². The minimum absolute atomic E-state index is 0.0398. The molecule has 1 aromatic carbocycles. The number of carboxylic acids is 1. The molecule has 2 amide bonds. The van der Waals surface area contributed by atoms with Gasteiger partial charge < -0.3 is 15.3 Å². The molecule has 0 saturated carbocycles. The van der Waals surface area contributed by atoms with Gasteiger partial charge in [-0.2, -0.15) is 5.10 Å².